The van der Waals surface area contributed by atoms with E-state index in [0.717, 1.165) is 12.8 Å². The fourth-order valence-corrected chi connectivity index (χ4v) is 1.29. The molecule has 0 fully saturated rings. The van der Waals surface area contributed by atoms with Crippen LogP contribution in [0.3, 0.4) is 0 Å². The van der Waals surface area contributed by atoms with Gasteiger partial charge in [-0.05, 0) is 23.9 Å². The van der Waals surface area contributed by atoms with Crippen LogP contribution in [0, 0.1) is 5.41 Å². The summed E-state index contributed by atoms with van der Waals surface area (Å²) in [5.74, 6) is 0.124. The van der Waals surface area contributed by atoms with Crippen molar-refractivity contribution in [3.63, 3.8) is 0 Å². The maximum atomic E-state index is 11.7. The Kier molecular flexibility index (Phi) is 5.34. The molecular formula is C11H20N6OS. The zero-order valence-electron chi connectivity index (χ0n) is 11.7. The summed E-state index contributed by atoms with van der Waals surface area (Å²) >= 11 is 5.02. The Morgan fingerprint density at radius 3 is 2.68 bits per heavy atom. The van der Waals surface area contributed by atoms with Crippen LogP contribution in [0.25, 0.3) is 0 Å². The summed E-state index contributed by atoms with van der Waals surface area (Å²) in [6.45, 7) is 8.23. The Morgan fingerprint density at radius 1 is 1.42 bits per heavy atom. The maximum absolute atomic E-state index is 11.7. The highest BCUT2D eigenvalue weighted by Gasteiger charge is 2.22. The third-order valence-corrected chi connectivity index (χ3v) is 2.50. The van der Waals surface area contributed by atoms with Gasteiger partial charge in [-0.25, -0.2) is 0 Å². The van der Waals surface area contributed by atoms with E-state index in [1.807, 2.05) is 20.8 Å². The van der Waals surface area contributed by atoms with Gasteiger partial charge in [0.1, 0.15) is 0 Å². The molecule has 8 heteroatoms. The summed E-state index contributed by atoms with van der Waals surface area (Å²) in [5, 5.41) is 17.3. The summed E-state index contributed by atoms with van der Waals surface area (Å²) in [6.07, 6.45) is 2.05. The number of nitrogens with zero attached hydrogens (tertiary/aromatic N) is 4. The van der Waals surface area contributed by atoms with Gasteiger partial charge in [-0.2, -0.15) is 4.80 Å². The Morgan fingerprint density at radius 2 is 2.11 bits per heavy atom. The minimum absolute atomic E-state index is 0.164. The van der Waals surface area contributed by atoms with Crippen LogP contribution in [0.15, 0.2) is 0 Å². The van der Waals surface area contributed by atoms with Crippen LogP contribution in [-0.4, -0.2) is 31.2 Å². The number of hydrogen-bond donors (Lipinski definition) is 2. The van der Waals surface area contributed by atoms with E-state index in [0.29, 0.717) is 6.54 Å². The van der Waals surface area contributed by atoms with E-state index in [9.17, 15) is 4.79 Å². The van der Waals surface area contributed by atoms with Crippen LogP contribution in [0.5, 0.6) is 0 Å². The van der Waals surface area contributed by atoms with Crippen molar-refractivity contribution in [2.75, 3.05) is 5.32 Å². The molecule has 19 heavy (non-hydrogen) atoms. The molecule has 1 amide bonds. The van der Waals surface area contributed by atoms with Gasteiger partial charge in [0.05, 0.1) is 6.54 Å². The Hall–Kier alpha value is -1.57. The lowest BCUT2D eigenvalue weighted by atomic mass is 9.96. The standard InChI is InChI=1S/C11H20N6OS/c1-5-6-7-17-15-9(14-16-17)13-10(19)12-8(18)11(2,3)4/h5-7H2,1-4H3,(H2,12,13,15,18,19). The summed E-state index contributed by atoms with van der Waals surface area (Å²) in [4.78, 5) is 13.2. The van der Waals surface area contributed by atoms with Crippen LogP contribution in [-0.2, 0) is 11.3 Å². The van der Waals surface area contributed by atoms with Crippen molar-refractivity contribution in [3.05, 3.63) is 0 Å². The molecule has 0 aliphatic carbocycles. The Labute approximate surface area is 118 Å². The van der Waals surface area contributed by atoms with Gasteiger partial charge < -0.3 is 5.32 Å². The fourth-order valence-electron chi connectivity index (χ4n) is 1.11. The van der Waals surface area contributed by atoms with Crippen LogP contribution >= 0.6 is 12.2 Å². The third-order valence-electron chi connectivity index (χ3n) is 2.30. The number of carbonyl (C=O) groups excluding carboxylic acids is 1. The van der Waals surface area contributed by atoms with Crippen molar-refractivity contribution in [1.29, 1.82) is 0 Å². The van der Waals surface area contributed by atoms with Crippen LogP contribution in [0.4, 0.5) is 5.95 Å². The molecule has 2 N–H and O–H groups in total. The third kappa shape index (κ3) is 5.29. The average Bonchev–Trinajstić information content (AvgIpc) is 2.72. The summed E-state index contributed by atoms with van der Waals surface area (Å²) in [6, 6.07) is 0. The first-order valence-electron chi connectivity index (χ1n) is 6.23. The van der Waals surface area contributed by atoms with Gasteiger partial charge in [0.15, 0.2) is 5.11 Å². The summed E-state index contributed by atoms with van der Waals surface area (Å²) in [7, 11) is 0. The minimum Gasteiger partial charge on any atom is -0.302 e. The zero-order valence-corrected chi connectivity index (χ0v) is 12.5. The van der Waals surface area contributed by atoms with Crippen molar-refractivity contribution in [2.24, 2.45) is 5.41 Å². The number of rotatable bonds is 4. The largest absolute Gasteiger partial charge is 0.302 e. The number of tetrazole rings is 1. The van der Waals surface area contributed by atoms with Crippen LogP contribution < -0.4 is 10.6 Å². The predicted molar refractivity (Wildman–Crippen MR) is 76.5 cm³/mol. The molecule has 1 aromatic heterocycles. The van der Waals surface area contributed by atoms with E-state index in [1.165, 1.54) is 4.80 Å². The van der Waals surface area contributed by atoms with Crippen LogP contribution in [0.2, 0.25) is 0 Å². The van der Waals surface area contributed by atoms with Crippen LogP contribution in [0.1, 0.15) is 40.5 Å². The SMILES string of the molecule is CCCCn1nnc(NC(=S)NC(=O)C(C)(C)C)n1. The number of nitrogens with one attached hydrogen (secondary N) is 2. The topological polar surface area (TPSA) is 84.7 Å². The molecule has 0 radical (unpaired) electrons. The highest BCUT2D eigenvalue weighted by atomic mass is 32.1. The van der Waals surface area contributed by atoms with Gasteiger partial charge in [-0.3, -0.25) is 10.1 Å². The number of carbonyl (C=O) groups is 1. The van der Waals surface area contributed by atoms with E-state index >= 15 is 0 Å². The lowest BCUT2D eigenvalue weighted by Crippen LogP contribution is -2.41. The van der Waals surface area contributed by atoms with Gasteiger partial charge in [0.25, 0.3) is 5.95 Å². The second kappa shape index (κ2) is 6.55. The van der Waals surface area contributed by atoms with E-state index in [4.69, 9.17) is 12.2 Å². The summed E-state index contributed by atoms with van der Waals surface area (Å²) < 4.78 is 0. The fraction of sp³-hybridized carbons (Fsp3) is 0.727. The summed E-state index contributed by atoms with van der Waals surface area (Å²) in [5.41, 5.74) is -0.502. The van der Waals surface area contributed by atoms with Gasteiger partial charge >= 0.3 is 0 Å². The molecule has 0 atom stereocenters. The number of amides is 1. The molecule has 0 saturated carbocycles. The number of anilines is 1. The number of hydrogen-bond acceptors (Lipinski definition) is 5. The normalized spacial score (nSPS) is 11.2. The molecule has 1 heterocycles. The van der Waals surface area contributed by atoms with Gasteiger partial charge in [0.2, 0.25) is 5.91 Å². The van der Waals surface area contributed by atoms with E-state index in [-0.39, 0.29) is 17.0 Å². The lowest BCUT2D eigenvalue weighted by Gasteiger charge is -2.17. The van der Waals surface area contributed by atoms with Crippen molar-refractivity contribution in [1.82, 2.24) is 25.5 Å². The highest BCUT2D eigenvalue weighted by molar-refractivity contribution is 7.80. The first kappa shape index (κ1) is 15.5. The smallest absolute Gasteiger partial charge is 0.269 e. The zero-order chi connectivity index (χ0) is 14.5. The van der Waals surface area contributed by atoms with Crippen molar-refractivity contribution < 1.29 is 4.79 Å². The van der Waals surface area contributed by atoms with Gasteiger partial charge in [-0.15, -0.1) is 5.10 Å². The quantitative estimate of drug-likeness (QED) is 0.811. The maximum Gasteiger partial charge on any atom is 0.269 e. The second-order valence-corrected chi connectivity index (χ2v) is 5.63. The molecule has 0 aromatic carbocycles. The molecule has 0 aliphatic rings. The van der Waals surface area contributed by atoms with E-state index in [1.54, 1.807) is 0 Å². The molecule has 1 aromatic rings. The highest BCUT2D eigenvalue weighted by Crippen LogP contribution is 2.12. The molecule has 0 bridgehead atoms. The van der Waals surface area contributed by atoms with Gasteiger partial charge in [-0.1, -0.05) is 39.2 Å². The molecule has 106 valence electrons. The van der Waals surface area contributed by atoms with Crippen molar-refractivity contribution in [3.8, 4) is 0 Å². The number of thiocarbonyl (C=S) groups is 1. The average molecular weight is 284 g/mol. The van der Waals surface area contributed by atoms with Gasteiger partial charge in [0, 0.05) is 5.41 Å². The lowest BCUT2D eigenvalue weighted by molar-refractivity contribution is -0.126. The second-order valence-electron chi connectivity index (χ2n) is 5.22. The number of aromatic nitrogens is 4. The predicted octanol–water partition coefficient (Wildman–Crippen LogP) is 1.33. The van der Waals surface area contributed by atoms with E-state index < -0.39 is 5.41 Å². The Balaban J connectivity index is 2.48. The Bertz CT molecular complexity index is 450. The molecule has 0 saturated heterocycles. The number of aryl methyl sites for hydroxylation is 1. The molecular weight excluding hydrogens is 264 g/mol. The van der Waals surface area contributed by atoms with E-state index in [2.05, 4.69) is 33.0 Å². The molecule has 0 aliphatic heterocycles. The van der Waals surface area contributed by atoms with Crippen molar-refractivity contribution >= 4 is 29.2 Å². The monoisotopic (exact) mass is 284 g/mol. The first-order valence-corrected chi connectivity index (χ1v) is 6.64. The molecule has 7 nitrogen and oxygen atoms in total. The molecule has 0 spiro atoms. The molecule has 1 rings (SSSR count). The minimum atomic E-state index is -0.502. The number of unbranched alkanes of at least 4 members (excludes halogenated alkanes) is 1. The first-order chi connectivity index (χ1) is 8.82. The molecule has 0 unspecified atom stereocenters. The van der Waals surface area contributed by atoms with Crippen molar-refractivity contribution in [2.45, 2.75) is 47.1 Å².